The third-order valence-electron chi connectivity index (χ3n) is 3.40. The van der Waals surface area contributed by atoms with Crippen molar-refractivity contribution in [2.75, 3.05) is 25.6 Å². The van der Waals surface area contributed by atoms with Gasteiger partial charge in [-0.05, 0) is 38.0 Å². The van der Waals surface area contributed by atoms with Crippen molar-refractivity contribution in [1.82, 2.24) is 15.3 Å². The molecule has 0 unspecified atom stereocenters. The number of carbonyl (C=O) groups is 1. The molecule has 0 spiro atoms. The highest BCUT2D eigenvalue weighted by Crippen LogP contribution is 2.22. The molecule has 2 rings (SSSR count). The number of hydrogen-bond donors (Lipinski definition) is 2. The first-order chi connectivity index (χ1) is 11.0. The molecular weight excluding hydrogens is 292 g/mol. The SMILES string of the molecule is COCCNC(=O)c1cc(C)nc(Nc2c(C)cccc2C)n1. The highest BCUT2D eigenvalue weighted by Gasteiger charge is 2.11. The third kappa shape index (κ3) is 4.50. The molecule has 122 valence electrons. The zero-order valence-corrected chi connectivity index (χ0v) is 13.9. The van der Waals surface area contributed by atoms with E-state index in [0.717, 1.165) is 22.5 Å². The molecule has 0 aliphatic carbocycles. The molecule has 6 nitrogen and oxygen atoms in total. The van der Waals surface area contributed by atoms with Gasteiger partial charge in [0.2, 0.25) is 5.95 Å². The number of nitrogens with zero attached hydrogens (tertiary/aromatic N) is 2. The largest absolute Gasteiger partial charge is 0.383 e. The third-order valence-corrected chi connectivity index (χ3v) is 3.40. The van der Waals surface area contributed by atoms with E-state index in [1.54, 1.807) is 13.2 Å². The highest BCUT2D eigenvalue weighted by atomic mass is 16.5. The molecule has 1 amide bonds. The van der Waals surface area contributed by atoms with Gasteiger partial charge in [0.1, 0.15) is 5.69 Å². The average Bonchev–Trinajstić information content (AvgIpc) is 2.51. The minimum absolute atomic E-state index is 0.239. The molecule has 0 aliphatic heterocycles. The van der Waals surface area contributed by atoms with E-state index < -0.39 is 0 Å². The fourth-order valence-corrected chi connectivity index (χ4v) is 2.22. The van der Waals surface area contributed by atoms with Crippen LogP contribution in [0.3, 0.4) is 0 Å². The molecule has 1 aromatic heterocycles. The Morgan fingerprint density at radius 1 is 1.17 bits per heavy atom. The van der Waals surface area contributed by atoms with Crippen LogP contribution in [0.2, 0.25) is 0 Å². The standard InChI is InChI=1S/C17H22N4O2/c1-11-6-5-7-12(2)15(11)21-17-19-13(3)10-14(20-17)16(22)18-8-9-23-4/h5-7,10H,8-9H2,1-4H3,(H,18,22)(H,19,20,21). The van der Waals surface area contributed by atoms with Gasteiger partial charge in [0, 0.05) is 25.0 Å². The molecular formula is C17H22N4O2. The molecule has 0 atom stereocenters. The first kappa shape index (κ1) is 16.9. The molecule has 1 aromatic carbocycles. The number of para-hydroxylation sites is 1. The van der Waals surface area contributed by atoms with Crippen molar-refractivity contribution >= 4 is 17.5 Å². The van der Waals surface area contributed by atoms with Crippen LogP contribution in [0.4, 0.5) is 11.6 Å². The van der Waals surface area contributed by atoms with Crippen LogP contribution in [0.5, 0.6) is 0 Å². The molecule has 6 heteroatoms. The van der Waals surface area contributed by atoms with Gasteiger partial charge in [0.15, 0.2) is 0 Å². The van der Waals surface area contributed by atoms with Crippen LogP contribution in [0.25, 0.3) is 0 Å². The van der Waals surface area contributed by atoms with Crippen LogP contribution in [-0.4, -0.2) is 36.1 Å². The number of benzene rings is 1. The number of aryl methyl sites for hydroxylation is 3. The van der Waals surface area contributed by atoms with E-state index in [1.165, 1.54) is 0 Å². The van der Waals surface area contributed by atoms with Crippen molar-refractivity contribution in [3.05, 3.63) is 46.8 Å². The summed E-state index contributed by atoms with van der Waals surface area (Å²) in [5.74, 6) is 0.177. The molecule has 0 fully saturated rings. The fourth-order valence-electron chi connectivity index (χ4n) is 2.22. The number of methoxy groups -OCH3 is 1. The summed E-state index contributed by atoms with van der Waals surface area (Å²) in [4.78, 5) is 20.8. The predicted octanol–water partition coefficient (Wildman–Crippen LogP) is 2.52. The van der Waals surface area contributed by atoms with Crippen LogP contribution in [0.15, 0.2) is 24.3 Å². The first-order valence-corrected chi connectivity index (χ1v) is 7.47. The topological polar surface area (TPSA) is 76.1 Å². The monoisotopic (exact) mass is 314 g/mol. The normalized spacial score (nSPS) is 10.4. The van der Waals surface area contributed by atoms with Gasteiger partial charge in [-0.2, -0.15) is 0 Å². The Balaban J connectivity index is 2.22. The van der Waals surface area contributed by atoms with E-state index >= 15 is 0 Å². The number of hydrogen-bond acceptors (Lipinski definition) is 5. The minimum Gasteiger partial charge on any atom is -0.383 e. The lowest BCUT2D eigenvalue weighted by Gasteiger charge is -2.12. The Morgan fingerprint density at radius 3 is 2.52 bits per heavy atom. The number of amides is 1. The Hall–Kier alpha value is -2.47. The van der Waals surface area contributed by atoms with Crippen LogP contribution >= 0.6 is 0 Å². The maximum atomic E-state index is 12.1. The summed E-state index contributed by atoms with van der Waals surface area (Å²) < 4.78 is 4.92. The number of nitrogens with one attached hydrogen (secondary N) is 2. The molecule has 0 saturated heterocycles. The number of ether oxygens (including phenoxy) is 1. The summed E-state index contributed by atoms with van der Waals surface area (Å²) in [7, 11) is 1.59. The van der Waals surface area contributed by atoms with E-state index in [2.05, 4.69) is 20.6 Å². The highest BCUT2D eigenvalue weighted by molar-refractivity contribution is 5.92. The van der Waals surface area contributed by atoms with E-state index in [0.29, 0.717) is 24.8 Å². The Kier molecular flexibility index (Phi) is 5.65. The van der Waals surface area contributed by atoms with Gasteiger partial charge in [-0.3, -0.25) is 4.79 Å². The average molecular weight is 314 g/mol. The molecule has 0 saturated carbocycles. The van der Waals surface area contributed by atoms with Crippen molar-refractivity contribution in [2.24, 2.45) is 0 Å². The quantitative estimate of drug-likeness (QED) is 0.801. The van der Waals surface area contributed by atoms with Gasteiger partial charge < -0.3 is 15.4 Å². The summed E-state index contributed by atoms with van der Waals surface area (Å²) >= 11 is 0. The van der Waals surface area contributed by atoms with E-state index in [4.69, 9.17) is 4.74 Å². The van der Waals surface area contributed by atoms with Crippen molar-refractivity contribution in [2.45, 2.75) is 20.8 Å². The molecule has 2 aromatic rings. The second-order valence-electron chi connectivity index (χ2n) is 5.36. The lowest BCUT2D eigenvalue weighted by molar-refractivity contribution is 0.0932. The lowest BCUT2D eigenvalue weighted by atomic mass is 10.1. The smallest absolute Gasteiger partial charge is 0.270 e. The van der Waals surface area contributed by atoms with Crippen molar-refractivity contribution in [3.8, 4) is 0 Å². The van der Waals surface area contributed by atoms with Gasteiger partial charge >= 0.3 is 0 Å². The minimum atomic E-state index is -0.239. The number of rotatable bonds is 6. The fraction of sp³-hybridized carbons (Fsp3) is 0.353. The maximum absolute atomic E-state index is 12.1. The van der Waals surface area contributed by atoms with Crippen molar-refractivity contribution in [3.63, 3.8) is 0 Å². The van der Waals surface area contributed by atoms with E-state index in [1.807, 2.05) is 39.0 Å². The predicted molar refractivity (Wildman–Crippen MR) is 90.2 cm³/mol. The molecule has 0 radical (unpaired) electrons. The number of anilines is 2. The van der Waals surface area contributed by atoms with Crippen LogP contribution in [0, 0.1) is 20.8 Å². The molecule has 0 bridgehead atoms. The molecule has 0 aliphatic rings. The van der Waals surface area contributed by atoms with E-state index in [-0.39, 0.29) is 5.91 Å². The molecule has 1 heterocycles. The van der Waals surface area contributed by atoms with Crippen molar-refractivity contribution in [1.29, 1.82) is 0 Å². The second-order valence-corrected chi connectivity index (χ2v) is 5.36. The Morgan fingerprint density at radius 2 is 1.87 bits per heavy atom. The second kappa shape index (κ2) is 7.69. The van der Waals surface area contributed by atoms with Gasteiger partial charge in [0.05, 0.1) is 6.61 Å². The van der Waals surface area contributed by atoms with Crippen LogP contribution in [0.1, 0.15) is 27.3 Å². The summed E-state index contributed by atoms with van der Waals surface area (Å²) in [6, 6.07) is 7.70. The van der Waals surface area contributed by atoms with Crippen LogP contribution in [-0.2, 0) is 4.74 Å². The summed E-state index contributed by atoms with van der Waals surface area (Å²) in [5.41, 5.74) is 4.22. The molecule has 23 heavy (non-hydrogen) atoms. The maximum Gasteiger partial charge on any atom is 0.270 e. The summed E-state index contributed by atoms with van der Waals surface area (Å²) in [5, 5.41) is 5.98. The van der Waals surface area contributed by atoms with Crippen LogP contribution < -0.4 is 10.6 Å². The zero-order chi connectivity index (χ0) is 16.8. The Labute approximate surface area is 136 Å². The first-order valence-electron chi connectivity index (χ1n) is 7.47. The van der Waals surface area contributed by atoms with Crippen molar-refractivity contribution < 1.29 is 9.53 Å². The lowest BCUT2D eigenvalue weighted by Crippen LogP contribution is -2.28. The summed E-state index contributed by atoms with van der Waals surface area (Å²) in [6.07, 6.45) is 0. The van der Waals surface area contributed by atoms with Gasteiger partial charge in [0.25, 0.3) is 5.91 Å². The number of aromatic nitrogens is 2. The summed E-state index contributed by atoms with van der Waals surface area (Å²) in [6.45, 7) is 6.78. The Bertz CT molecular complexity index is 681. The number of carbonyl (C=O) groups excluding carboxylic acids is 1. The molecule has 2 N–H and O–H groups in total. The van der Waals surface area contributed by atoms with Gasteiger partial charge in [-0.15, -0.1) is 0 Å². The zero-order valence-electron chi connectivity index (χ0n) is 13.9. The van der Waals surface area contributed by atoms with Gasteiger partial charge in [-0.25, -0.2) is 9.97 Å². The van der Waals surface area contributed by atoms with E-state index in [9.17, 15) is 4.79 Å². The van der Waals surface area contributed by atoms with Gasteiger partial charge in [-0.1, -0.05) is 18.2 Å².